The molecule has 0 amide bonds. The van der Waals surface area contributed by atoms with Gasteiger partial charge in [-0.15, -0.1) is 0 Å². The van der Waals surface area contributed by atoms with Gasteiger partial charge in [0.25, 0.3) is 0 Å². The molecule has 0 bridgehead atoms. The molecule has 1 aliphatic carbocycles. The van der Waals surface area contributed by atoms with E-state index in [1.165, 1.54) is 0 Å². The summed E-state index contributed by atoms with van der Waals surface area (Å²) in [6, 6.07) is 0. The molecular weight excluding hydrogens is 304 g/mol. The molecule has 1 saturated heterocycles. The van der Waals surface area contributed by atoms with E-state index in [1.54, 1.807) is 0 Å². The van der Waals surface area contributed by atoms with Crippen LogP contribution in [0.1, 0.15) is 46.5 Å². The van der Waals surface area contributed by atoms with Crippen molar-refractivity contribution in [2.45, 2.75) is 64.8 Å². The zero-order valence-corrected chi connectivity index (χ0v) is 14.8. The highest BCUT2D eigenvalue weighted by Gasteiger charge is 2.41. The SMILES string of the molecule is C=C1C(=O)OC2C=C(C)CC(O)C=C(C)CCC=C(C)CC(O)C12. The van der Waals surface area contributed by atoms with Crippen molar-refractivity contribution in [3.05, 3.63) is 47.1 Å². The Kier molecular flexibility index (Phi) is 6.19. The van der Waals surface area contributed by atoms with Crippen LogP contribution in [0, 0.1) is 5.92 Å². The first-order valence-corrected chi connectivity index (χ1v) is 8.54. The van der Waals surface area contributed by atoms with Crippen LogP contribution in [0.25, 0.3) is 0 Å². The Hall–Kier alpha value is -1.65. The van der Waals surface area contributed by atoms with E-state index in [4.69, 9.17) is 4.74 Å². The zero-order chi connectivity index (χ0) is 17.9. The van der Waals surface area contributed by atoms with Crippen molar-refractivity contribution in [3.63, 3.8) is 0 Å². The predicted molar refractivity (Wildman–Crippen MR) is 94.3 cm³/mol. The number of fused-ring (bicyclic) bond motifs is 1. The first-order valence-electron chi connectivity index (χ1n) is 8.54. The molecule has 4 unspecified atom stereocenters. The highest BCUT2D eigenvalue weighted by atomic mass is 16.6. The normalized spacial score (nSPS) is 33.0. The van der Waals surface area contributed by atoms with E-state index in [0.717, 1.165) is 29.6 Å². The van der Waals surface area contributed by atoms with Crippen molar-refractivity contribution in [3.8, 4) is 0 Å². The number of hydrogen-bond acceptors (Lipinski definition) is 4. The van der Waals surface area contributed by atoms with Gasteiger partial charge < -0.3 is 14.9 Å². The lowest BCUT2D eigenvalue weighted by Crippen LogP contribution is -2.28. The van der Waals surface area contributed by atoms with Gasteiger partial charge in [0.2, 0.25) is 0 Å². The van der Waals surface area contributed by atoms with E-state index in [-0.39, 0.29) is 0 Å². The Morgan fingerprint density at radius 3 is 2.50 bits per heavy atom. The fourth-order valence-electron chi connectivity index (χ4n) is 3.43. The molecule has 0 radical (unpaired) electrons. The Bertz CT molecular complexity index is 597. The number of rotatable bonds is 0. The molecule has 0 saturated carbocycles. The average Bonchev–Trinajstić information content (AvgIpc) is 2.71. The van der Waals surface area contributed by atoms with E-state index < -0.39 is 30.2 Å². The van der Waals surface area contributed by atoms with Crippen molar-refractivity contribution in [1.29, 1.82) is 0 Å². The number of carbonyl (C=O) groups excluding carboxylic acids is 1. The Labute approximate surface area is 144 Å². The molecule has 0 aromatic rings. The van der Waals surface area contributed by atoms with Crippen molar-refractivity contribution in [2.24, 2.45) is 5.92 Å². The predicted octanol–water partition coefficient (Wildman–Crippen LogP) is 3.22. The maximum Gasteiger partial charge on any atom is 0.334 e. The Morgan fingerprint density at radius 2 is 1.79 bits per heavy atom. The fraction of sp³-hybridized carbons (Fsp3) is 0.550. The first-order chi connectivity index (χ1) is 11.3. The lowest BCUT2D eigenvalue weighted by atomic mass is 9.86. The number of carbonyl (C=O) groups is 1. The fourth-order valence-corrected chi connectivity index (χ4v) is 3.43. The third-order valence-corrected chi connectivity index (χ3v) is 4.70. The van der Waals surface area contributed by atoms with Crippen LogP contribution in [0.5, 0.6) is 0 Å². The summed E-state index contributed by atoms with van der Waals surface area (Å²) in [5.74, 6) is -0.886. The summed E-state index contributed by atoms with van der Waals surface area (Å²) in [6.45, 7) is 9.71. The standard InChI is InChI=1S/C20H28O4/c1-12-6-5-7-13(2)10-17(22)19-15(4)20(23)24-18(19)11-14(3)9-16(21)8-12/h7-8,11,16-19,21-22H,4-6,9-10H2,1-3H3. The quantitative estimate of drug-likeness (QED) is 0.406. The lowest BCUT2D eigenvalue weighted by molar-refractivity contribution is -0.137. The van der Waals surface area contributed by atoms with Gasteiger partial charge in [-0.1, -0.05) is 35.5 Å². The molecule has 1 aliphatic heterocycles. The molecule has 132 valence electrons. The van der Waals surface area contributed by atoms with Gasteiger partial charge in [0.15, 0.2) is 0 Å². The van der Waals surface area contributed by atoms with E-state index >= 15 is 0 Å². The minimum absolute atomic E-state index is 0.327. The second-order valence-electron chi connectivity index (χ2n) is 7.08. The maximum atomic E-state index is 11.9. The van der Waals surface area contributed by atoms with Crippen LogP contribution in [-0.4, -0.2) is 34.5 Å². The number of esters is 1. The van der Waals surface area contributed by atoms with Crippen LogP contribution in [-0.2, 0) is 9.53 Å². The zero-order valence-electron chi connectivity index (χ0n) is 14.8. The molecule has 24 heavy (non-hydrogen) atoms. The summed E-state index contributed by atoms with van der Waals surface area (Å²) in [4.78, 5) is 11.9. The number of ether oxygens (including phenoxy) is 1. The molecular formula is C20H28O4. The summed E-state index contributed by atoms with van der Waals surface area (Å²) in [6.07, 6.45) is 6.77. The summed E-state index contributed by atoms with van der Waals surface area (Å²) in [7, 11) is 0. The van der Waals surface area contributed by atoms with Gasteiger partial charge in [-0.05, 0) is 52.5 Å². The second-order valence-corrected chi connectivity index (χ2v) is 7.08. The largest absolute Gasteiger partial charge is 0.454 e. The minimum Gasteiger partial charge on any atom is -0.454 e. The first kappa shape index (κ1) is 18.7. The van der Waals surface area contributed by atoms with Crippen LogP contribution >= 0.6 is 0 Å². The molecule has 1 heterocycles. The number of aliphatic hydroxyl groups is 2. The molecule has 0 aromatic carbocycles. The number of allylic oxidation sites excluding steroid dienone is 2. The van der Waals surface area contributed by atoms with Gasteiger partial charge in [0.1, 0.15) is 6.10 Å². The van der Waals surface area contributed by atoms with E-state index in [9.17, 15) is 15.0 Å². The highest BCUT2D eigenvalue weighted by Crippen LogP contribution is 2.34. The molecule has 0 aromatic heterocycles. The lowest BCUT2D eigenvalue weighted by Gasteiger charge is -2.22. The molecule has 4 nitrogen and oxygen atoms in total. The highest BCUT2D eigenvalue weighted by molar-refractivity contribution is 5.91. The van der Waals surface area contributed by atoms with E-state index in [0.29, 0.717) is 18.4 Å². The smallest absolute Gasteiger partial charge is 0.334 e. The van der Waals surface area contributed by atoms with Crippen molar-refractivity contribution in [2.75, 3.05) is 0 Å². The van der Waals surface area contributed by atoms with Gasteiger partial charge in [-0.3, -0.25) is 0 Å². The minimum atomic E-state index is -0.709. The van der Waals surface area contributed by atoms with Gasteiger partial charge >= 0.3 is 5.97 Å². The third kappa shape index (κ3) is 4.68. The molecule has 1 fully saturated rings. The summed E-state index contributed by atoms with van der Waals surface area (Å²) in [5, 5.41) is 20.8. The molecule has 2 aliphatic rings. The van der Waals surface area contributed by atoms with Gasteiger partial charge in [-0.25, -0.2) is 4.79 Å². The molecule has 2 N–H and O–H groups in total. The van der Waals surface area contributed by atoms with Gasteiger partial charge in [-0.2, -0.15) is 0 Å². The summed E-state index contributed by atoms with van der Waals surface area (Å²) < 4.78 is 5.38. The summed E-state index contributed by atoms with van der Waals surface area (Å²) >= 11 is 0. The van der Waals surface area contributed by atoms with Gasteiger partial charge in [0.05, 0.1) is 18.1 Å². The van der Waals surface area contributed by atoms with Gasteiger partial charge in [0, 0.05) is 5.57 Å². The average molecular weight is 332 g/mol. The van der Waals surface area contributed by atoms with Crippen LogP contribution in [0.3, 0.4) is 0 Å². The number of aliphatic hydroxyl groups excluding tert-OH is 2. The summed E-state index contributed by atoms with van der Waals surface area (Å²) in [5.41, 5.74) is 3.49. The van der Waals surface area contributed by atoms with Crippen molar-refractivity contribution >= 4 is 5.97 Å². The van der Waals surface area contributed by atoms with Crippen LogP contribution in [0.2, 0.25) is 0 Å². The molecule has 4 atom stereocenters. The second kappa shape index (κ2) is 7.95. The Morgan fingerprint density at radius 1 is 1.08 bits per heavy atom. The maximum absolute atomic E-state index is 11.9. The molecule has 2 rings (SSSR count). The van der Waals surface area contributed by atoms with Crippen molar-refractivity contribution < 1.29 is 19.7 Å². The molecule has 0 spiro atoms. The van der Waals surface area contributed by atoms with E-state index in [1.807, 2.05) is 32.9 Å². The van der Waals surface area contributed by atoms with Crippen LogP contribution < -0.4 is 0 Å². The monoisotopic (exact) mass is 332 g/mol. The van der Waals surface area contributed by atoms with Crippen molar-refractivity contribution in [1.82, 2.24) is 0 Å². The topological polar surface area (TPSA) is 66.8 Å². The van der Waals surface area contributed by atoms with Crippen LogP contribution in [0.4, 0.5) is 0 Å². The Balaban J connectivity index is 2.33. The number of hydrogen-bond donors (Lipinski definition) is 2. The van der Waals surface area contributed by atoms with E-state index in [2.05, 4.69) is 12.7 Å². The molecule has 4 heteroatoms. The third-order valence-electron chi connectivity index (χ3n) is 4.70. The van der Waals surface area contributed by atoms with Crippen LogP contribution in [0.15, 0.2) is 47.1 Å².